The molecule has 6 heteroatoms. The van der Waals surface area contributed by atoms with E-state index in [0.29, 0.717) is 11.3 Å². The minimum atomic E-state index is -0.422. The van der Waals surface area contributed by atoms with Crippen LogP contribution in [0.2, 0.25) is 0 Å². The average molecular weight is 261 g/mol. The maximum atomic E-state index is 10.9. The van der Waals surface area contributed by atoms with E-state index < -0.39 is 4.92 Å². The standard InChI is InChI=1S/C13H15N3O3/c1-7(2)11-12(15-19-13(11)14)9-4-8(3)5-10(6-9)16(17)18/h4-7H,14H2,1-3H3. The number of aromatic nitrogens is 1. The predicted octanol–water partition coefficient (Wildman–Crippen LogP) is 3.26. The van der Waals surface area contributed by atoms with Gasteiger partial charge in [-0.1, -0.05) is 19.0 Å². The molecule has 2 rings (SSSR count). The number of hydrogen-bond donors (Lipinski definition) is 1. The molecule has 0 fully saturated rings. The van der Waals surface area contributed by atoms with Crippen LogP contribution in [-0.4, -0.2) is 10.1 Å². The SMILES string of the molecule is Cc1cc(-c2noc(N)c2C(C)C)cc([N+](=O)[O-])c1. The van der Waals surface area contributed by atoms with Crippen molar-refractivity contribution in [2.75, 3.05) is 5.73 Å². The third-order valence-electron chi connectivity index (χ3n) is 2.88. The minimum Gasteiger partial charge on any atom is -0.367 e. The zero-order chi connectivity index (χ0) is 14.2. The summed E-state index contributed by atoms with van der Waals surface area (Å²) in [4.78, 5) is 10.5. The van der Waals surface area contributed by atoms with Gasteiger partial charge in [0, 0.05) is 23.3 Å². The fourth-order valence-corrected chi connectivity index (χ4v) is 2.08. The number of nitrogen functional groups attached to an aromatic ring is 1. The molecule has 100 valence electrons. The third-order valence-corrected chi connectivity index (χ3v) is 2.88. The first-order chi connectivity index (χ1) is 8.90. The van der Waals surface area contributed by atoms with E-state index in [1.54, 1.807) is 6.92 Å². The highest BCUT2D eigenvalue weighted by Crippen LogP contribution is 2.34. The molecule has 0 aliphatic carbocycles. The molecule has 1 heterocycles. The van der Waals surface area contributed by atoms with E-state index in [-0.39, 0.29) is 17.5 Å². The van der Waals surface area contributed by atoms with Crippen LogP contribution in [0.25, 0.3) is 11.3 Å². The molecule has 0 bridgehead atoms. The summed E-state index contributed by atoms with van der Waals surface area (Å²) >= 11 is 0. The number of nitro benzene ring substituents is 1. The Hall–Kier alpha value is -2.37. The molecule has 19 heavy (non-hydrogen) atoms. The van der Waals surface area contributed by atoms with E-state index >= 15 is 0 Å². The van der Waals surface area contributed by atoms with E-state index in [0.717, 1.165) is 11.1 Å². The van der Waals surface area contributed by atoms with Crippen molar-refractivity contribution in [3.63, 3.8) is 0 Å². The van der Waals surface area contributed by atoms with Gasteiger partial charge in [0.25, 0.3) is 5.69 Å². The van der Waals surface area contributed by atoms with Gasteiger partial charge in [-0.2, -0.15) is 0 Å². The Labute approximate surface area is 110 Å². The third kappa shape index (κ3) is 2.42. The van der Waals surface area contributed by atoms with Crippen molar-refractivity contribution < 1.29 is 9.45 Å². The summed E-state index contributed by atoms with van der Waals surface area (Å²) in [6, 6.07) is 4.83. The van der Waals surface area contributed by atoms with Gasteiger partial charge in [-0.3, -0.25) is 10.1 Å². The van der Waals surface area contributed by atoms with Crippen LogP contribution < -0.4 is 5.73 Å². The van der Waals surface area contributed by atoms with Gasteiger partial charge in [0.1, 0.15) is 5.69 Å². The van der Waals surface area contributed by atoms with Crippen LogP contribution in [0.4, 0.5) is 11.6 Å². The molecule has 0 saturated heterocycles. The highest BCUT2D eigenvalue weighted by Gasteiger charge is 2.20. The number of nitrogens with two attached hydrogens (primary N) is 1. The molecule has 1 aromatic carbocycles. The molecule has 0 unspecified atom stereocenters. The number of benzene rings is 1. The number of rotatable bonds is 3. The minimum absolute atomic E-state index is 0.0336. The quantitative estimate of drug-likeness (QED) is 0.675. The van der Waals surface area contributed by atoms with Crippen LogP contribution in [0.1, 0.15) is 30.9 Å². The lowest BCUT2D eigenvalue weighted by Gasteiger charge is -2.06. The number of non-ortho nitro benzene ring substituents is 1. The summed E-state index contributed by atoms with van der Waals surface area (Å²) in [6.45, 7) is 5.74. The first kappa shape index (κ1) is 13.1. The van der Waals surface area contributed by atoms with Crippen LogP contribution in [-0.2, 0) is 0 Å². The molecule has 0 aliphatic heterocycles. The molecular formula is C13H15N3O3. The molecule has 0 atom stereocenters. The van der Waals surface area contributed by atoms with Crippen LogP contribution in [0.5, 0.6) is 0 Å². The maximum absolute atomic E-state index is 10.9. The maximum Gasteiger partial charge on any atom is 0.270 e. The zero-order valence-corrected chi connectivity index (χ0v) is 11.0. The zero-order valence-electron chi connectivity index (χ0n) is 11.0. The van der Waals surface area contributed by atoms with Gasteiger partial charge < -0.3 is 10.3 Å². The monoisotopic (exact) mass is 261 g/mol. The smallest absolute Gasteiger partial charge is 0.270 e. The van der Waals surface area contributed by atoms with Crippen LogP contribution >= 0.6 is 0 Å². The molecule has 0 radical (unpaired) electrons. The Morgan fingerprint density at radius 2 is 2.05 bits per heavy atom. The first-order valence-electron chi connectivity index (χ1n) is 5.91. The largest absolute Gasteiger partial charge is 0.367 e. The summed E-state index contributed by atoms with van der Waals surface area (Å²) in [6.07, 6.45) is 0. The van der Waals surface area contributed by atoms with E-state index in [9.17, 15) is 10.1 Å². The summed E-state index contributed by atoms with van der Waals surface area (Å²) in [7, 11) is 0. The second kappa shape index (κ2) is 4.72. The molecule has 6 nitrogen and oxygen atoms in total. The second-order valence-corrected chi connectivity index (χ2v) is 4.78. The molecule has 0 spiro atoms. The highest BCUT2D eigenvalue weighted by molar-refractivity contribution is 5.70. The number of anilines is 1. The molecule has 2 N–H and O–H groups in total. The van der Waals surface area contributed by atoms with Crippen molar-refractivity contribution in [3.05, 3.63) is 39.4 Å². The van der Waals surface area contributed by atoms with Crippen LogP contribution in [0.15, 0.2) is 22.7 Å². The Kier molecular flexibility index (Phi) is 3.25. The van der Waals surface area contributed by atoms with Gasteiger partial charge in [-0.15, -0.1) is 0 Å². The fourth-order valence-electron chi connectivity index (χ4n) is 2.08. The summed E-state index contributed by atoms with van der Waals surface area (Å²) in [5, 5.41) is 14.8. The van der Waals surface area contributed by atoms with Crippen molar-refractivity contribution in [3.8, 4) is 11.3 Å². The average Bonchev–Trinajstić information content (AvgIpc) is 2.70. The van der Waals surface area contributed by atoms with Gasteiger partial charge >= 0.3 is 0 Å². The van der Waals surface area contributed by atoms with Gasteiger partial charge in [0.2, 0.25) is 5.88 Å². The molecule has 0 aliphatic rings. The van der Waals surface area contributed by atoms with E-state index in [4.69, 9.17) is 10.3 Å². The Morgan fingerprint density at radius 3 is 2.63 bits per heavy atom. The Bertz CT molecular complexity index is 632. The number of nitrogens with zero attached hydrogens (tertiary/aromatic N) is 2. The van der Waals surface area contributed by atoms with E-state index in [1.165, 1.54) is 12.1 Å². The Morgan fingerprint density at radius 1 is 1.37 bits per heavy atom. The van der Waals surface area contributed by atoms with Gasteiger partial charge in [0.15, 0.2) is 0 Å². The summed E-state index contributed by atoms with van der Waals surface area (Å²) in [5.74, 6) is 0.384. The first-order valence-corrected chi connectivity index (χ1v) is 5.91. The lowest BCUT2D eigenvalue weighted by Crippen LogP contribution is -1.96. The van der Waals surface area contributed by atoms with E-state index in [1.807, 2.05) is 19.9 Å². The lowest BCUT2D eigenvalue weighted by atomic mass is 9.97. The fraction of sp³-hybridized carbons (Fsp3) is 0.308. The molecule has 1 aromatic heterocycles. The van der Waals surface area contributed by atoms with Crippen molar-refractivity contribution in [2.45, 2.75) is 26.7 Å². The molecular weight excluding hydrogens is 246 g/mol. The molecule has 0 amide bonds. The van der Waals surface area contributed by atoms with Crippen molar-refractivity contribution in [2.24, 2.45) is 0 Å². The number of hydrogen-bond acceptors (Lipinski definition) is 5. The molecule has 2 aromatic rings. The van der Waals surface area contributed by atoms with Crippen LogP contribution in [0, 0.1) is 17.0 Å². The number of aryl methyl sites for hydroxylation is 1. The van der Waals surface area contributed by atoms with Crippen LogP contribution in [0.3, 0.4) is 0 Å². The van der Waals surface area contributed by atoms with Crippen molar-refractivity contribution in [1.29, 1.82) is 0 Å². The Balaban J connectivity index is 2.62. The predicted molar refractivity (Wildman–Crippen MR) is 71.8 cm³/mol. The van der Waals surface area contributed by atoms with E-state index in [2.05, 4.69) is 5.16 Å². The van der Waals surface area contributed by atoms with Gasteiger partial charge in [-0.05, 0) is 24.5 Å². The molecule has 0 saturated carbocycles. The summed E-state index contributed by atoms with van der Waals surface area (Å²) < 4.78 is 5.01. The van der Waals surface area contributed by atoms with Gasteiger partial charge in [0.05, 0.1) is 4.92 Å². The normalized spacial score (nSPS) is 10.9. The van der Waals surface area contributed by atoms with Crippen molar-refractivity contribution in [1.82, 2.24) is 5.16 Å². The topological polar surface area (TPSA) is 95.2 Å². The van der Waals surface area contributed by atoms with Crippen molar-refractivity contribution >= 4 is 11.6 Å². The lowest BCUT2D eigenvalue weighted by molar-refractivity contribution is -0.384. The van der Waals surface area contributed by atoms with Gasteiger partial charge in [-0.25, -0.2) is 0 Å². The number of nitro groups is 1. The second-order valence-electron chi connectivity index (χ2n) is 4.78. The summed E-state index contributed by atoms with van der Waals surface area (Å²) in [5.41, 5.74) is 8.57. The highest BCUT2D eigenvalue weighted by atomic mass is 16.6.